The second kappa shape index (κ2) is 6.19. The van der Waals surface area contributed by atoms with Crippen molar-refractivity contribution in [1.29, 1.82) is 0 Å². The van der Waals surface area contributed by atoms with Crippen LogP contribution in [0.25, 0.3) is 0 Å². The van der Waals surface area contributed by atoms with Gasteiger partial charge in [-0.25, -0.2) is 0 Å². The maximum absolute atomic E-state index is 4.61. The fourth-order valence-corrected chi connectivity index (χ4v) is 2.41. The van der Waals surface area contributed by atoms with Crippen molar-refractivity contribution in [3.05, 3.63) is 24.0 Å². The average molecular weight is 247 g/mol. The smallest absolute Gasteiger partial charge is 0.0553 e. The van der Waals surface area contributed by atoms with E-state index in [1.807, 2.05) is 6.20 Å². The van der Waals surface area contributed by atoms with Crippen molar-refractivity contribution in [2.45, 2.75) is 33.1 Å². The lowest BCUT2D eigenvalue weighted by Crippen LogP contribution is -2.46. The minimum absolute atomic E-state index is 0.566. The van der Waals surface area contributed by atoms with Gasteiger partial charge in [0.05, 0.1) is 11.9 Å². The van der Waals surface area contributed by atoms with Crippen molar-refractivity contribution in [2.75, 3.05) is 37.6 Å². The van der Waals surface area contributed by atoms with Crippen LogP contribution in [0.3, 0.4) is 0 Å². The minimum Gasteiger partial charge on any atom is -0.368 e. The van der Waals surface area contributed by atoms with Crippen molar-refractivity contribution < 1.29 is 0 Å². The molecule has 1 aliphatic heterocycles. The summed E-state index contributed by atoms with van der Waals surface area (Å²) in [5.74, 6) is 0.566. The molecule has 1 atom stereocenters. The van der Waals surface area contributed by atoms with Crippen molar-refractivity contribution >= 4 is 5.69 Å². The zero-order valence-corrected chi connectivity index (χ0v) is 11.9. The van der Waals surface area contributed by atoms with Crippen LogP contribution in [0.1, 0.15) is 38.8 Å². The number of piperazine rings is 1. The molecule has 3 nitrogen and oxygen atoms in total. The zero-order valence-electron chi connectivity index (χ0n) is 11.9. The van der Waals surface area contributed by atoms with Gasteiger partial charge in [0, 0.05) is 31.9 Å². The third-order valence-electron chi connectivity index (χ3n) is 4.07. The molecule has 1 aromatic heterocycles. The number of hydrogen-bond acceptors (Lipinski definition) is 3. The highest BCUT2D eigenvalue weighted by Crippen LogP contribution is 2.20. The summed E-state index contributed by atoms with van der Waals surface area (Å²) in [5, 5.41) is 0. The molecule has 1 saturated heterocycles. The number of anilines is 1. The first-order valence-corrected chi connectivity index (χ1v) is 7.17. The van der Waals surface area contributed by atoms with Gasteiger partial charge < -0.3 is 9.80 Å². The van der Waals surface area contributed by atoms with Gasteiger partial charge in [0.15, 0.2) is 0 Å². The first-order valence-electron chi connectivity index (χ1n) is 7.17. The summed E-state index contributed by atoms with van der Waals surface area (Å²) in [5.41, 5.74) is 2.49. The molecular formula is C15H25N3. The highest BCUT2D eigenvalue weighted by Gasteiger charge is 2.16. The number of pyridine rings is 1. The van der Waals surface area contributed by atoms with Crippen LogP contribution in [0.4, 0.5) is 5.69 Å². The molecule has 2 heterocycles. The van der Waals surface area contributed by atoms with Gasteiger partial charge >= 0.3 is 0 Å². The topological polar surface area (TPSA) is 19.4 Å². The zero-order chi connectivity index (χ0) is 13.0. The minimum atomic E-state index is 0.566. The Kier molecular flexibility index (Phi) is 4.59. The Hall–Kier alpha value is -1.09. The van der Waals surface area contributed by atoms with E-state index in [1.54, 1.807) is 0 Å². The van der Waals surface area contributed by atoms with Crippen LogP contribution in [-0.4, -0.2) is 42.6 Å². The number of rotatable bonds is 4. The maximum atomic E-state index is 4.61. The Morgan fingerprint density at radius 2 is 1.89 bits per heavy atom. The molecule has 0 saturated carbocycles. The molecular weight excluding hydrogens is 222 g/mol. The molecule has 2 rings (SSSR count). The highest BCUT2D eigenvalue weighted by atomic mass is 15.3. The molecule has 3 heteroatoms. The number of nitrogens with zero attached hydrogens (tertiary/aromatic N) is 3. The largest absolute Gasteiger partial charge is 0.368 e. The van der Waals surface area contributed by atoms with E-state index in [0.29, 0.717) is 5.92 Å². The Morgan fingerprint density at radius 3 is 2.39 bits per heavy atom. The SMILES string of the molecule is CCC(C)c1ccc(N2CCN(CC)CC2)cn1. The maximum Gasteiger partial charge on any atom is 0.0553 e. The van der Waals surface area contributed by atoms with Gasteiger partial charge in [-0.05, 0) is 31.0 Å². The lowest BCUT2D eigenvalue weighted by atomic mass is 10.0. The molecule has 0 N–H and O–H groups in total. The lowest BCUT2D eigenvalue weighted by molar-refractivity contribution is 0.271. The van der Waals surface area contributed by atoms with Crippen LogP contribution in [0.15, 0.2) is 18.3 Å². The molecule has 100 valence electrons. The van der Waals surface area contributed by atoms with Gasteiger partial charge in [0.25, 0.3) is 0 Å². The molecule has 1 aliphatic rings. The fourth-order valence-electron chi connectivity index (χ4n) is 2.41. The van der Waals surface area contributed by atoms with Gasteiger partial charge in [-0.1, -0.05) is 20.8 Å². The number of likely N-dealkylation sites (N-methyl/N-ethyl adjacent to an activating group) is 1. The molecule has 0 radical (unpaired) electrons. The number of hydrogen-bond donors (Lipinski definition) is 0. The summed E-state index contributed by atoms with van der Waals surface area (Å²) < 4.78 is 0. The van der Waals surface area contributed by atoms with Crippen LogP contribution in [0.5, 0.6) is 0 Å². The second-order valence-corrected chi connectivity index (χ2v) is 5.17. The van der Waals surface area contributed by atoms with Crippen LogP contribution < -0.4 is 4.90 Å². The number of aromatic nitrogens is 1. The molecule has 0 amide bonds. The van der Waals surface area contributed by atoms with Gasteiger partial charge in [0.1, 0.15) is 0 Å². The van der Waals surface area contributed by atoms with Crippen LogP contribution in [0, 0.1) is 0 Å². The Bertz CT molecular complexity index is 353. The van der Waals surface area contributed by atoms with Gasteiger partial charge in [-0.3, -0.25) is 4.98 Å². The Balaban J connectivity index is 1.98. The second-order valence-electron chi connectivity index (χ2n) is 5.17. The normalized spacial score (nSPS) is 18.9. The summed E-state index contributed by atoms with van der Waals surface area (Å²) in [6, 6.07) is 4.42. The predicted molar refractivity (Wildman–Crippen MR) is 77.3 cm³/mol. The van der Waals surface area contributed by atoms with Gasteiger partial charge in [-0.2, -0.15) is 0 Å². The quantitative estimate of drug-likeness (QED) is 0.815. The monoisotopic (exact) mass is 247 g/mol. The van der Waals surface area contributed by atoms with E-state index in [4.69, 9.17) is 0 Å². The van der Waals surface area contributed by atoms with E-state index in [0.717, 1.165) is 19.5 Å². The van der Waals surface area contributed by atoms with E-state index in [-0.39, 0.29) is 0 Å². The van der Waals surface area contributed by atoms with Gasteiger partial charge in [0.2, 0.25) is 0 Å². The molecule has 0 bridgehead atoms. The Labute approximate surface area is 111 Å². The summed E-state index contributed by atoms with van der Waals surface area (Å²) in [6.07, 6.45) is 3.20. The standard InChI is InChI=1S/C15H25N3/c1-4-13(3)15-7-6-14(12-16-15)18-10-8-17(5-2)9-11-18/h6-7,12-13H,4-5,8-11H2,1-3H3. The van der Waals surface area contributed by atoms with Gasteiger partial charge in [-0.15, -0.1) is 0 Å². The third-order valence-corrected chi connectivity index (χ3v) is 4.07. The van der Waals surface area contributed by atoms with E-state index in [1.165, 1.54) is 31.0 Å². The van der Waals surface area contributed by atoms with Crippen LogP contribution in [0.2, 0.25) is 0 Å². The van der Waals surface area contributed by atoms with E-state index in [9.17, 15) is 0 Å². The molecule has 1 unspecified atom stereocenters. The summed E-state index contributed by atoms with van der Waals surface area (Å²) in [6.45, 7) is 12.4. The van der Waals surface area contributed by atoms with E-state index in [2.05, 4.69) is 47.7 Å². The summed E-state index contributed by atoms with van der Waals surface area (Å²) >= 11 is 0. The third kappa shape index (κ3) is 3.02. The molecule has 1 aromatic rings. The van der Waals surface area contributed by atoms with Crippen molar-refractivity contribution in [3.8, 4) is 0 Å². The molecule has 0 aliphatic carbocycles. The fraction of sp³-hybridized carbons (Fsp3) is 0.667. The highest BCUT2D eigenvalue weighted by molar-refractivity contribution is 5.45. The van der Waals surface area contributed by atoms with Crippen LogP contribution >= 0.6 is 0 Å². The predicted octanol–water partition coefficient (Wildman–Crippen LogP) is 2.74. The molecule has 0 spiro atoms. The Morgan fingerprint density at radius 1 is 1.17 bits per heavy atom. The van der Waals surface area contributed by atoms with Crippen molar-refractivity contribution in [3.63, 3.8) is 0 Å². The molecule has 18 heavy (non-hydrogen) atoms. The van der Waals surface area contributed by atoms with E-state index < -0.39 is 0 Å². The van der Waals surface area contributed by atoms with Crippen molar-refractivity contribution in [1.82, 2.24) is 9.88 Å². The summed E-state index contributed by atoms with van der Waals surface area (Å²) in [4.78, 5) is 9.55. The first kappa shape index (κ1) is 13.3. The van der Waals surface area contributed by atoms with Crippen molar-refractivity contribution in [2.24, 2.45) is 0 Å². The van der Waals surface area contributed by atoms with Crippen LogP contribution in [-0.2, 0) is 0 Å². The van der Waals surface area contributed by atoms with E-state index >= 15 is 0 Å². The molecule has 0 aromatic carbocycles. The molecule has 1 fully saturated rings. The lowest BCUT2D eigenvalue weighted by Gasteiger charge is -2.35. The first-order chi connectivity index (χ1) is 8.74. The summed E-state index contributed by atoms with van der Waals surface area (Å²) in [7, 11) is 0. The average Bonchev–Trinajstić information content (AvgIpc) is 2.47.